The smallest absolute Gasteiger partial charge is 0.193 e. The van der Waals surface area contributed by atoms with E-state index in [9.17, 15) is 0 Å². The number of nitrogens with one attached hydrogen (secondary N) is 1. The first-order valence-corrected chi connectivity index (χ1v) is 10.6. The number of hydrogen-bond acceptors (Lipinski definition) is 4. The number of aliphatic imine (C=N–C) groups is 1. The molecular formula is C20H41IN4O2. The number of hydrogen-bond donors (Lipinski definition) is 1. The Morgan fingerprint density at radius 3 is 2.41 bits per heavy atom. The zero-order valence-corrected chi connectivity index (χ0v) is 20.0. The van der Waals surface area contributed by atoms with Crippen molar-refractivity contribution in [1.29, 1.82) is 0 Å². The molecule has 7 heteroatoms. The van der Waals surface area contributed by atoms with Crippen molar-refractivity contribution in [1.82, 2.24) is 15.1 Å². The Kier molecular flexibility index (Phi) is 13.7. The molecule has 6 nitrogen and oxygen atoms in total. The van der Waals surface area contributed by atoms with Crippen LogP contribution in [0.3, 0.4) is 0 Å². The summed E-state index contributed by atoms with van der Waals surface area (Å²) in [4.78, 5) is 9.86. The van der Waals surface area contributed by atoms with Crippen LogP contribution >= 0.6 is 24.0 Å². The average molecular weight is 496 g/mol. The number of ether oxygens (including phenoxy) is 2. The van der Waals surface area contributed by atoms with Crippen LogP contribution in [0.2, 0.25) is 0 Å². The molecule has 0 atom stereocenters. The first kappa shape index (κ1) is 24.9. The number of likely N-dealkylation sites (tertiary alicyclic amines) is 2. The number of halogens is 1. The Labute approximate surface area is 183 Å². The molecule has 2 aliphatic rings. The minimum atomic E-state index is 0. The van der Waals surface area contributed by atoms with Crippen molar-refractivity contribution < 1.29 is 9.47 Å². The van der Waals surface area contributed by atoms with Gasteiger partial charge in [-0.1, -0.05) is 6.92 Å². The van der Waals surface area contributed by atoms with Gasteiger partial charge in [-0.05, 0) is 58.0 Å². The van der Waals surface area contributed by atoms with Gasteiger partial charge in [0, 0.05) is 46.5 Å². The van der Waals surface area contributed by atoms with Gasteiger partial charge in [-0.3, -0.25) is 4.99 Å². The zero-order chi connectivity index (χ0) is 18.6. The van der Waals surface area contributed by atoms with Crippen LogP contribution in [0, 0.1) is 5.92 Å². The summed E-state index contributed by atoms with van der Waals surface area (Å²) in [6.45, 7) is 13.5. The van der Waals surface area contributed by atoms with Gasteiger partial charge < -0.3 is 24.6 Å². The summed E-state index contributed by atoms with van der Waals surface area (Å²) in [6, 6.07) is 0. The Hall–Kier alpha value is -0.120. The van der Waals surface area contributed by atoms with Gasteiger partial charge >= 0.3 is 0 Å². The third-order valence-corrected chi connectivity index (χ3v) is 5.48. The van der Waals surface area contributed by atoms with Crippen molar-refractivity contribution in [3.05, 3.63) is 0 Å². The quantitative estimate of drug-likeness (QED) is 0.230. The van der Waals surface area contributed by atoms with Crippen LogP contribution in [0.1, 0.15) is 46.0 Å². The highest BCUT2D eigenvalue weighted by Crippen LogP contribution is 2.16. The number of piperidine rings is 2. The van der Waals surface area contributed by atoms with E-state index in [0.29, 0.717) is 6.10 Å². The molecule has 2 heterocycles. The fourth-order valence-electron chi connectivity index (χ4n) is 3.70. The maximum absolute atomic E-state index is 5.97. The van der Waals surface area contributed by atoms with Crippen LogP contribution < -0.4 is 5.32 Å². The molecular weight excluding hydrogens is 455 g/mol. The molecule has 2 fully saturated rings. The summed E-state index contributed by atoms with van der Waals surface area (Å²) in [5.41, 5.74) is 0. The molecule has 0 saturated carbocycles. The first-order valence-electron chi connectivity index (χ1n) is 10.6. The number of methoxy groups -OCH3 is 1. The molecule has 2 saturated heterocycles. The van der Waals surface area contributed by atoms with E-state index in [1.807, 2.05) is 0 Å². The summed E-state index contributed by atoms with van der Waals surface area (Å²) in [7, 11) is 1.74. The minimum Gasteiger partial charge on any atom is -0.385 e. The number of nitrogens with zero attached hydrogens (tertiary/aromatic N) is 3. The largest absolute Gasteiger partial charge is 0.385 e. The van der Waals surface area contributed by atoms with Gasteiger partial charge in [0.15, 0.2) is 5.96 Å². The summed E-state index contributed by atoms with van der Waals surface area (Å²) in [5, 5.41) is 3.47. The Morgan fingerprint density at radius 1 is 1.07 bits per heavy atom. The molecule has 0 amide bonds. The Bertz CT molecular complexity index is 395. The van der Waals surface area contributed by atoms with Crippen LogP contribution in [-0.4, -0.2) is 88.0 Å². The van der Waals surface area contributed by atoms with E-state index in [2.05, 4.69) is 29.0 Å². The lowest BCUT2D eigenvalue weighted by Gasteiger charge is -2.34. The van der Waals surface area contributed by atoms with Crippen molar-refractivity contribution in [3.63, 3.8) is 0 Å². The highest BCUT2D eigenvalue weighted by molar-refractivity contribution is 14.0. The lowest BCUT2D eigenvalue weighted by atomic mass is 9.99. The third kappa shape index (κ3) is 9.76. The Balaban J connectivity index is 0.00000364. The van der Waals surface area contributed by atoms with Crippen LogP contribution in [0.5, 0.6) is 0 Å². The Morgan fingerprint density at radius 2 is 1.78 bits per heavy atom. The molecule has 0 radical (unpaired) electrons. The second kappa shape index (κ2) is 14.8. The molecule has 0 aromatic rings. The van der Waals surface area contributed by atoms with Crippen molar-refractivity contribution in [2.45, 2.75) is 52.1 Å². The van der Waals surface area contributed by atoms with Gasteiger partial charge in [-0.2, -0.15) is 0 Å². The lowest BCUT2D eigenvalue weighted by Crippen LogP contribution is -2.47. The van der Waals surface area contributed by atoms with Gasteiger partial charge in [0.25, 0.3) is 0 Å². The van der Waals surface area contributed by atoms with E-state index in [1.165, 1.54) is 25.9 Å². The first-order chi connectivity index (χ1) is 12.7. The van der Waals surface area contributed by atoms with E-state index in [0.717, 1.165) is 77.1 Å². The molecule has 2 rings (SSSR count). The second-order valence-corrected chi connectivity index (χ2v) is 7.66. The van der Waals surface area contributed by atoms with Crippen LogP contribution in [-0.2, 0) is 9.47 Å². The second-order valence-electron chi connectivity index (χ2n) is 7.66. The monoisotopic (exact) mass is 496 g/mol. The molecule has 0 aromatic heterocycles. The van der Waals surface area contributed by atoms with Crippen molar-refractivity contribution >= 4 is 29.9 Å². The molecule has 160 valence electrons. The molecule has 0 unspecified atom stereocenters. The topological polar surface area (TPSA) is 49.3 Å². The SMILES string of the molecule is CCNC(=NCCN1CCC(C)CC1)N1CCC(OCCCOC)CC1.I. The fraction of sp³-hybridized carbons (Fsp3) is 0.950. The van der Waals surface area contributed by atoms with Gasteiger partial charge in [0.2, 0.25) is 0 Å². The van der Waals surface area contributed by atoms with Gasteiger partial charge in [-0.25, -0.2) is 0 Å². The average Bonchev–Trinajstić information content (AvgIpc) is 2.67. The van der Waals surface area contributed by atoms with Crippen molar-refractivity contribution in [2.24, 2.45) is 10.9 Å². The van der Waals surface area contributed by atoms with Crippen molar-refractivity contribution in [3.8, 4) is 0 Å². The standard InChI is InChI=1S/C20H40N4O2.HI/c1-4-21-20(22-10-15-23-11-6-18(2)7-12-23)24-13-8-19(9-14-24)26-17-5-16-25-3;/h18-19H,4-17H2,1-3H3,(H,21,22);1H. The van der Waals surface area contributed by atoms with E-state index in [1.54, 1.807) is 7.11 Å². The summed E-state index contributed by atoms with van der Waals surface area (Å²) in [6.07, 6.45) is 6.21. The summed E-state index contributed by atoms with van der Waals surface area (Å²) < 4.78 is 11.0. The number of rotatable bonds is 9. The molecule has 0 bridgehead atoms. The van der Waals surface area contributed by atoms with Crippen LogP contribution in [0.25, 0.3) is 0 Å². The summed E-state index contributed by atoms with van der Waals surface area (Å²) in [5.74, 6) is 1.97. The maximum Gasteiger partial charge on any atom is 0.193 e. The molecule has 0 aliphatic carbocycles. The highest BCUT2D eigenvalue weighted by Gasteiger charge is 2.22. The molecule has 27 heavy (non-hydrogen) atoms. The van der Waals surface area contributed by atoms with Crippen LogP contribution in [0.15, 0.2) is 4.99 Å². The third-order valence-electron chi connectivity index (χ3n) is 5.48. The van der Waals surface area contributed by atoms with E-state index >= 15 is 0 Å². The molecule has 1 N–H and O–H groups in total. The lowest BCUT2D eigenvalue weighted by molar-refractivity contribution is 0.00990. The van der Waals surface area contributed by atoms with Gasteiger partial charge in [0.05, 0.1) is 12.6 Å². The fourth-order valence-corrected chi connectivity index (χ4v) is 3.70. The normalized spacial score (nSPS) is 20.6. The molecule has 0 aromatic carbocycles. The van der Waals surface area contributed by atoms with E-state index in [-0.39, 0.29) is 24.0 Å². The molecule has 0 spiro atoms. The highest BCUT2D eigenvalue weighted by atomic mass is 127. The van der Waals surface area contributed by atoms with E-state index < -0.39 is 0 Å². The van der Waals surface area contributed by atoms with E-state index in [4.69, 9.17) is 14.5 Å². The predicted octanol–water partition coefficient (Wildman–Crippen LogP) is 2.82. The minimum absolute atomic E-state index is 0. The molecule has 2 aliphatic heterocycles. The maximum atomic E-state index is 5.97. The number of guanidine groups is 1. The summed E-state index contributed by atoms with van der Waals surface area (Å²) >= 11 is 0. The van der Waals surface area contributed by atoms with Crippen LogP contribution in [0.4, 0.5) is 0 Å². The predicted molar refractivity (Wildman–Crippen MR) is 123 cm³/mol. The van der Waals surface area contributed by atoms with Crippen molar-refractivity contribution in [2.75, 3.05) is 66.1 Å². The van der Waals surface area contributed by atoms with Gasteiger partial charge in [-0.15, -0.1) is 24.0 Å². The zero-order valence-electron chi connectivity index (χ0n) is 17.6. The van der Waals surface area contributed by atoms with Gasteiger partial charge in [0.1, 0.15) is 0 Å².